The molecule has 1 fully saturated rings. The summed E-state index contributed by atoms with van der Waals surface area (Å²) in [5, 5.41) is 0. The van der Waals surface area contributed by atoms with Gasteiger partial charge in [-0.15, -0.1) is 0 Å². The molecule has 0 aliphatic heterocycles. The van der Waals surface area contributed by atoms with Crippen molar-refractivity contribution in [2.45, 2.75) is 43.9 Å². The zero-order valence-corrected chi connectivity index (χ0v) is 13.6. The van der Waals surface area contributed by atoms with Crippen molar-refractivity contribution in [3.8, 4) is 0 Å². The highest BCUT2D eigenvalue weighted by molar-refractivity contribution is 5.72. The molecule has 3 atom stereocenters. The summed E-state index contributed by atoms with van der Waals surface area (Å²) in [6.45, 7) is 0. The number of oxazole rings is 1. The highest BCUT2D eigenvalue weighted by Crippen LogP contribution is 2.32. The Morgan fingerprint density at radius 2 is 1.75 bits per heavy atom. The predicted octanol–water partition coefficient (Wildman–Crippen LogP) is 4.20. The van der Waals surface area contributed by atoms with Crippen molar-refractivity contribution in [3.05, 3.63) is 66.1 Å². The van der Waals surface area contributed by atoms with Crippen LogP contribution in [0, 0.1) is 0 Å². The van der Waals surface area contributed by atoms with E-state index in [2.05, 4.69) is 4.98 Å². The van der Waals surface area contributed by atoms with Crippen molar-refractivity contribution >= 4 is 11.1 Å². The number of rotatable bonds is 4. The molecule has 2 aromatic carbocycles. The van der Waals surface area contributed by atoms with E-state index >= 15 is 0 Å². The molecule has 1 aliphatic rings. The van der Waals surface area contributed by atoms with Gasteiger partial charge in [-0.2, -0.15) is 0 Å². The third kappa shape index (κ3) is 3.07. The molecule has 1 heterocycles. The van der Waals surface area contributed by atoms with Gasteiger partial charge in [-0.1, -0.05) is 55.3 Å². The third-order valence-corrected chi connectivity index (χ3v) is 4.70. The molecule has 4 heteroatoms. The summed E-state index contributed by atoms with van der Waals surface area (Å²) < 4.78 is 12.4. The van der Waals surface area contributed by atoms with E-state index in [0.29, 0.717) is 5.89 Å². The van der Waals surface area contributed by atoms with Gasteiger partial charge in [0.25, 0.3) is 0 Å². The average molecular weight is 322 g/mol. The normalized spacial score (nSPS) is 22.5. The third-order valence-electron chi connectivity index (χ3n) is 4.70. The number of ether oxygens (including phenoxy) is 1. The molecule has 3 aromatic rings. The zero-order chi connectivity index (χ0) is 16.4. The van der Waals surface area contributed by atoms with E-state index in [1.807, 2.05) is 54.6 Å². The van der Waals surface area contributed by atoms with Gasteiger partial charge in [0.15, 0.2) is 11.7 Å². The SMILES string of the molecule is NC1CCCCC1OC(c1ccccc1)c1nc2ccccc2o1. The van der Waals surface area contributed by atoms with Crippen LogP contribution in [0.3, 0.4) is 0 Å². The minimum Gasteiger partial charge on any atom is -0.437 e. The van der Waals surface area contributed by atoms with Crippen molar-refractivity contribution < 1.29 is 9.15 Å². The van der Waals surface area contributed by atoms with E-state index in [9.17, 15) is 0 Å². The Morgan fingerprint density at radius 3 is 2.54 bits per heavy atom. The number of nitrogens with two attached hydrogens (primary N) is 1. The molecule has 0 amide bonds. The second-order valence-electron chi connectivity index (χ2n) is 6.43. The number of nitrogens with zero attached hydrogens (tertiary/aromatic N) is 1. The Morgan fingerprint density at radius 1 is 1.00 bits per heavy atom. The Hall–Kier alpha value is -2.17. The standard InChI is InChI=1S/C20H22N2O2/c21-15-10-4-6-12-17(15)23-19(14-8-2-1-3-9-14)20-22-16-11-5-7-13-18(16)24-20/h1-3,5,7-9,11,13,15,17,19H,4,6,10,12,21H2. The fourth-order valence-electron chi connectivity index (χ4n) is 3.38. The van der Waals surface area contributed by atoms with Crippen molar-refractivity contribution in [2.75, 3.05) is 0 Å². The number of aromatic nitrogens is 1. The minimum absolute atomic E-state index is 0.0407. The maximum Gasteiger partial charge on any atom is 0.229 e. The van der Waals surface area contributed by atoms with E-state index in [1.165, 1.54) is 6.42 Å². The molecule has 3 unspecified atom stereocenters. The molecule has 4 rings (SSSR count). The molecule has 1 aliphatic carbocycles. The summed E-state index contributed by atoms with van der Waals surface area (Å²) in [7, 11) is 0. The topological polar surface area (TPSA) is 61.3 Å². The van der Waals surface area contributed by atoms with Gasteiger partial charge in [0.05, 0.1) is 6.10 Å². The lowest BCUT2D eigenvalue weighted by molar-refractivity contribution is -0.0328. The van der Waals surface area contributed by atoms with Crippen LogP contribution in [0.15, 0.2) is 59.0 Å². The van der Waals surface area contributed by atoms with Crippen molar-refractivity contribution in [2.24, 2.45) is 5.73 Å². The first-order valence-corrected chi connectivity index (χ1v) is 8.63. The molecule has 124 valence electrons. The zero-order valence-electron chi connectivity index (χ0n) is 13.6. The first kappa shape index (κ1) is 15.4. The fourth-order valence-corrected chi connectivity index (χ4v) is 3.38. The number of para-hydroxylation sites is 2. The van der Waals surface area contributed by atoms with Gasteiger partial charge >= 0.3 is 0 Å². The van der Waals surface area contributed by atoms with Crippen molar-refractivity contribution in [1.82, 2.24) is 4.98 Å². The summed E-state index contributed by atoms with van der Waals surface area (Å²) in [5.41, 5.74) is 8.96. The van der Waals surface area contributed by atoms with E-state index in [1.54, 1.807) is 0 Å². The van der Waals surface area contributed by atoms with Crippen LogP contribution in [0.4, 0.5) is 0 Å². The van der Waals surface area contributed by atoms with E-state index in [4.69, 9.17) is 14.9 Å². The molecule has 0 radical (unpaired) electrons. The maximum atomic E-state index is 6.42. The summed E-state index contributed by atoms with van der Waals surface area (Å²) in [6.07, 6.45) is 4.06. The van der Waals surface area contributed by atoms with Crippen LogP contribution in [0.2, 0.25) is 0 Å². The lowest BCUT2D eigenvalue weighted by Gasteiger charge is -2.31. The quantitative estimate of drug-likeness (QED) is 0.782. The highest BCUT2D eigenvalue weighted by atomic mass is 16.5. The second-order valence-corrected chi connectivity index (χ2v) is 6.43. The fraction of sp³-hybridized carbons (Fsp3) is 0.350. The van der Waals surface area contributed by atoms with Crippen LogP contribution in [-0.2, 0) is 4.74 Å². The van der Waals surface area contributed by atoms with E-state index < -0.39 is 0 Å². The van der Waals surface area contributed by atoms with Crippen LogP contribution in [0.5, 0.6) is 0 Å². The average Bonchev–Trinajstić information content (AvgIpc) is 3.05. The van der Waals surface area contributed by atoms with Gasteiger partial charge in [-0.05, 0) is 30.5 Å². The van der Waals surface area contributed by atoms with Crippen molar-refractivity contribution in [1.29, 1.82) is 0 Å². The van der Waals surface area contributed by atoms with Gasteiger partial charge in [0, 0.05) is 6.04 Å². The lowest BCUT2D eigenvalue weighted by atomic mass is 9.93. The van der Waals surface area contributed by atoms with Crippen molar-refractivity contribution in [3.63, 3.8) is 0 Å². The Bertz CT molecular complexity index is 767. The van der Waals surface area contributed by atoms with E-state index in [0.717, 1.165) is 35.9 Å². The number of hydrogen-bond donors (Lipinski definition) is 1. The summed E-state index contributed by atoms with van der Waals surface area (Å²) in [5.74, 6) is 0.597. The molecule has 4 nitrogen and oxygen atoms in total. The predicted molar refractivity (Wildman–Crippen MR) is 93.6 cm³/mol. The van der Waals surface area contributed by atoms with Gasteiger partial charge in [0.2, 0.25) is 5.89 Å². The highest BCUT2D eigenvalue weighted by Gasteiger charge is 2.29. The molecule has 2 N–H and O–H groups in total. The molecular formula is C20H22N2O2. The molecule has 0 saturated heterocycles. The summed E-state index contributed by atoms with van der Waals surface area (Å²) in [4.78, 5) is 4.65. The van der Waals surface area contributed by atoms with Gasteiger partial charge in [0.1, 0.15) is 5.52 Å². The Balaban J connectivity index is 1.70. The molecule has 1 aromatic heterocycles. The number of fused-ring (bicyclic) bond motifs is 1. The monoisotopic (exact) mass is 322 g/mol. The van der Waals surface area contributed by atoms with Crippen LogP contribution >= 0.6 is 0 Å². The number of hydrogen-bond acceptors (Lipinski definition) is 4. The summed E-state index contributed by atoms with van der Waals surface area (Å²) >= 11 is 0. The van der Waals surface area contributed by atoms with Crippen LogP contribution in [-0.4, -0.2) is 17.1 Å². The first-order valence-electron chi connectivity index (χ1n) is 8.63. The molecule has 24 heavy (non-hydrogen) atoms. The molecular weight excluding hydrogens is 300 g/mol. The Labute approximate surface area is 141 Å². The van der Waals surface area contributed by atoms with Crippen LogP contribution in [0.25, 0.3) is 11.1 Å². The largest absolute Gasteiger partial charge is 0.437 e. The second kappa shape index (κ2) is 6.75. The van der Waals surface area contributed by atoms with Crippen LogP contribution < -0.4 is 5.73 Å². The van der Waals surface area contributed by atoms with Gasteiger partial charge < -0.3 is 14.9 Å². The Kier molecular flexibility index (Phi) is 4.32. The molecule has 1 saturated carbocycles. The van der Waals surface area contributed by atoms with Gasteiger partial charge in [-0.25, -0.2) is 4.98 Å². The lowest BCUT2D eigenvalue weighted by Crippen LogP contribution is -2.40. The first-order chi connectivity index (χ1) is 11.8. The van der Waals surface area contributed by atoms with Gasteiger partial charge in [-0.3, -0.25) is 0 Å². The smallest absolute Gasteiger partial charge is 0.229 e. The molecule has 0 spiro atoms. The van der Waals surface area contributed by atoms with E-state index in [-0.39, 0.29) is 18.2 Å². The molecule has 0 bridgehead atoms. The number of benzene rings is 2. The summed E-state index contributed by atoms with van der Waals surface area (Å²) in [6, 6.07) is 18.0. The maximum absolute atomic E-state index is 6.42. The van der Waals surface area contributed by atoms with Crippen LogP contribution in [0.1, 0.15) is 43.2 Å². The minimum atomic E-state index is -0.326.